The summed E-state index contributed by atoms with van der Waals surface area (Å²) in [5, 5.41) is 12.6. The van der Waals surface area contributed by atoms with Gasteiger partial charge in [0.2, 0.25) is 11.0 Å². The van der Waals surface area contributed by atoms with Crippen LogP contribution >= 0.6 is 34.7 Å². The van der Waals surface area contributed by atoms with Gasteiger partial charge < -0.3 is 10.2 Å². The Labute approximate surface area is 154 Å². The van der Waals surface area contributed by atoms with E-state index in [1.165, 1.54) is 23.1 Å². The molecular formula is C16H17ClN4OS2. The highest BCUT2D eigenvalue weighted by molar-refractivity contribution is 8.01. The van der Waals surface area contributed by atoms with Gasteiger partial charge in [0, 0.05) is 23.8 Å². The Balaban J connectivity index is 1.90. The van der Waals surface area contributed by atoms with Crippen LogP contribution in [-0.4, -0.2) is 39.8 Å². The van der Waals surface area contributed by atoms with Crippen LogP contribution in [0.25, 0.3) is 0 Å². The lowest BCUT2D eigenvalue weighted by Gasteiger charge is -2.18. The highest BCUT2D eigenvalue weighted by Crippen LogP contribution is 2.28. The summed E-state index contributed by atoms with van der Waals surface area (Å²) in [4.78, 5) is 13.8. The van der Waals surface area contributed by atoms with Gasteiger partial charge in [-0.15, -0.1) is 23.4 Å². The Morgan fingerprint density at radius 1 is 1.33 bits per heavy atom. The van der Waals surface area contributed by atoms with Crippen molar-refractivity contribution in [2.24, 2.45) is 0 Å². The summed E-state index contributed by atoms with van der Waals surface area (Å²) in [6.45, 7) is 8.33. The van der Waals surface area contributed by atoms with E-state index in [1.54, 1.807) is 23.1 Å². The third kappa shape index (κ3) is 5.67. The van der Waals surface area contributed by atoms with Gasteiger partial charge in [-0.2, -0.15) is 0 Å². The molecule has 0 radical (unpaired) electrons. The number of hydrogen-bond acceptors (Lipinski definition) is 6. The van der Waals surface area contributed by atoms with Gasteiger partial charge in [0.15, 0.2) is 4.34 Å². The minimum Gasteiger partial charge on any atom is -0.335 e. The van der Waals surface area contributed by atoms with E-state index in [2.05, 4.69) is 28.7 Å². The van der Waals surface area contributed by atoms with Crippen molar-refractivity contribution in [3.05, 3.63) is 54.6 Å². The first-order valence-electron chi connectivity index (χ1n) is 7.11. The van der Waals surface area contributed by atoms with Gasteiger partial charge in [-0.3, -0.25) is 4.79 Å². The highest BCUT2D eigenvalue weighted by atomic mass is 35.5. The number of amides is 1. The zero-order valence-electron chi connectivity index (χ0n) is 12.9. The number of nitrogens with one attached hydrogen (secondary N) is 1. The fourth-order valence-corrected chi connectivity index (χ4v) is 3.68. The van der Waals surface area contributed by atoms with Crippen molar-refractivity contribution in [1.29, 1.82) is 0 Å². The van der Waals surface area contributed by atoms with E-state index in [9.17, 15) is 4.79 Å². The lowest BCUT2D eigenvalue weighted by Crippen LogP contribution is -2.32. The Bertz CT molecular complexity index is 710. The number of carbonyl (C=O) groups is 1. The molecule has 1 aromatic carbocycles. The number of aromatic nitrogens is 2. The molecule has 0 aliphatic carbocycles. The highest BCUT2D eigenvalue weighted by Gasteiger charge is 2.13. The van der Waals surface area contributed by atoms with Crippen LogP contribution in [0, 0.1) is 0 Å². The second-order valence-corrected chi connectivity index (χ2v) is 7.31. The first kappa shape index (κ1) is 18.5. The maximum absolute atomic E-state index is 12.2. The van der Waals surface area contributed by atoms with Gasteiger partial charge >= 0.3 is 0 Å². The van der Waals surface area contributed by atoms with Crippen LogP contribution in [0.1, 0.15) is 0 Å². The second kappa shape index (κ2) is 9.46. The summed E-state index contributed by atoms with van der Waals surface area (Å²) < 4.78 is 0.727. The summed E-state index contributed by atoms with van der Waals surface area (Å²) in [6.07, 6.45) is 3.40. The van der Waals surface area contributed by atoms with Crippen molar-refractivity contribution in [2.45, 2.75) is 4.34 Å². The van der Waals surface area contributed by atoms with E-state index in [-0.39, 0.29) is 5.91 Å². The molecule has 1 aromatic heterocycles. The third-order valence-electron chi connectivity index (χ3n) is 2.85. The maximum Gasteiger partial charge on any atom is 0.233 e. The van der Waals surface area contributed by atoms with Crippen molar-refractivity contribution in [1.82, 2.24) is 15.1 Å². The lowest BCUT2D eigenvalue weighted by molar-refractivity contribution is -0.127. The zero-order chi connectivity index (χ0) is 17.4. The van der Waals surface area contributed by atoms with Crippen molar-refractivity contribution in [3.63, 3.8) is 0 Å². The summed E-state index contributed by atoms with van der Waals surface area (Å²) in [7, 11) is 0. The molecule has 126 valence electrons. The number of anilines is 2. The number of hydrogen-bond donors (Lipinski definition) is 1. The summed E-state index contributed by atoms with van der Waals surface area (Å²) >= 11 is 8.70. The molecule has 5 nitrogen and oxygen atoms in total. The normalized spacial score (nSPS) is 10.2. The van der Waals surface area contributed by atoms with Gasteiger partial charge in [0.25, 0.3) is 0 Å². The van der Waals surface area contributed by atoms with Crippen LogP contribution in [0.2, 0.25) is 5.02 Å². The molecule has 1 N–H and O–H groups in total. The Morgan fingerprint density at radius 3 is 2.75 bits per heavy atom. The molecule has 2 aromatic rings. The molecule has 0 aliphatic rings. The predicted octanol–water partition coefficient (Wildman–Crippen LogP) is 4.23. The second-order valence-electron chi connectivity index (χ2n) is 4.67. The Kier molecular flexibility index (Phi) is 7.30. The fourth-order valence-electron chi connectivity index (χ4n) is 1.81. The van der Waals surface area contributed by atoms with E-state index in [0.717, 1.165) is 10.0 Å². The fraction of sp³-hybridized carbons (Fsp3) is 0.188. The van der Waals surface area contributed by atoms with Gasteiger partial charge in [0.05, 0.1) is 5.75 Å². The van der Waals surface area contributed by atoms with Crippen molar-refractivity contribution in [2.75, 3.05) is 24.2 Å². The molecule has 0 bridgehead atoms. The van der Waals surface area contributed by atoms with Crippen LogP contribution in [0.5, 0.6) is 0 Å². The van der Waals surface area contributed by atoms with E-state index in [0.29, 0.717) is 29.0 Å². The minimum absolute atomic E-state index is 0.0133. The summed E-state index contributed by atoms with van der Waals surface area (Å²) in [5.74, 6) is 0.312. The molecule has 0 spiro atoms. The lowest BCUT2D eigenvalue weighted by atomic mass is 10.3. The average molecular weight is 381 g/mol. The molecule has 0 atom stereocenters. The number of halogens is 1. The van der Waals surface area contributed by atoms with E-state index >= 15 is 0 Å². The maximum atomic E-state index is 12.2. The number of rotatable bonds is 9. The van der Waals surface area contributed by atoms with E-state index in [1.807, 2.05) is 18.2 Å². The molecule has 0 aliphatic heterocycles. The molecule has 2 rings (SSSR count). The minimum atomic E-state index is 0.0133. The van der Waals surface area contributed by atoms with Crippen LogP contribution in [0.3, 0.4) is 0 Å². The standard InChI is InChI=1S/C16H17ClN4OS2/c1-3-8-21(9-4-2)14(22)11-23-16-20-19-15(24-16)18-13-7-5-6-12(17)10-13/h3-7,10H,1-2,8-9,11H2,(H,18,19). The molecule has 24 heavy (non-hydrogen) atoms. The van der Waals surface area contributed by atoms with Gasteiger partial charge in [0.1, 0.15) is 0 Å². The number of carbonyl (C=O) groups excluding carboxylic acids is 1. The zero-order valence-corrected chi connectivity index (χ0v) is 15.3. The first-order valence-corrected chi connectivity index (χ1v) is 9.29. The molecule has 0 fully saturated rings. The number of benzene rings is 1. The Morgan fingerprint density at radius 2 is 2.08 bits per heavy atom. The van der Waals surface area contributed by atoms with Crippen LogP contribution in [0.4, 0.5) is 10.8 Å². The quantitative estimate of drug-likeness (QED) is 0.521. The molecule has 0 saturated carbocycles. The number of nitrogens with zero attached hydrogens (tertiary/aromatic N) is 3. The van der Waals surface area contributed by atoms with Crippen LogP contribution < -0.4 is 5.32 Å². The monoisotopic (exact) mass is 380 g/mol. The first-order chi connectivity index (χ1) is 11.6. The molecule has 1 amide bonds. The molecule has 0 saturated heterocycles. The summed E-state index contributed by atoms with van der Waals surface area (Å²) in [6, 6.07) is 7.36. The molecular weight excluding hydrogens is 364 g/mol. The summed E-state index contributed by atoms with van der Waals surface area (Å²) in [5.41, 5.74) is 0.842. The topological polar surface area (TPSA) is 58.1 Å². The molecule has 1 heterocycles. The van der Waals surface area contributed by atoms with E-state index < -0.39 is 0 Å². The SMILES string of the molecule is C=CCN(CC=C)C(=O)CSc1nnc(Nc2cccc(Cl)c2)s1. The third-order valence-corrected chi connectivity index (χ3v) is 5.05. The smallest absolute Gasteiger partial charge is 0.233 e. The van der Waals surface area contributed by atoms with Crippen LogP contribution in [0.15, 0.2) is 53.9 Å². The van der Waals surface area contributed by atoms with Crippen molar-refractivity contribution in [3.8, 4) is 0 Å². The average Bonchev–Trinajstić information content (AvgIpc) is 3.00. The predicted molar refractivity (Wildman–Crippen MR) is 102 cm³/mol. The van der Waals surface area contributed by atoms with Gasteiger partial charge in [-0.05, 0) is 18.2 Å². The van der Waals surface area contributed by atoms with Crippen molar-refractivity contribution < 1.29 is 4.79 Å². The number of thioether (sulfide) groups is 1. The van der Waals surface area contributed by atoms with Gasteiger partial charge in [-0.1, -0.05) is 52.9 Å². The Hall–Kier alpha value is -1.83. The molecule has 8 heteroatoms. The van der Waals surface area contributed by atoms with E-state index in [4.69, 9.17) is 11.6 Å². The van der Waals surface area contributed by atoms with Crippen molar-refractivity contribution >= 4 is 51.4 Å². The molecule has 0 unspecified atom stereocenters. The van der Waals surface area contributed by atoms with Gasteiger partial charge in [-0.25, -0.2) is 0 Å². The largest absolute Gasteiger partial charge is 0.335 e. The van der Waals surface area contributed by atoms with Crippen LogP contribution in [-0.2, 0) is 4.79 Å².